The van der Waals surface area contributed by atoms with Gasteiger partial charge in [-0.1, -0.05) is 35.9 Å². The molecule has 4 nitrogen and oxygen atoms in total. The Bertz CT molecular complexity index is 921. The van der Waals surface area contributed by atoms with Gasteiger partial charge in [-0.05, 0) is 49.4 Å². The molecule has 0 aliphatic heterocycles. The van der Waals surface area contributed by atoms with E-state index >= 15 is 0 Å². The Morgan fingerprint density at radius 2 is 1.85 bits per heavy atom. The first-order valence-electron chi connectivity index (χ1n) is 8.29. The first-order chi connectivity index (χ1) is 12.7. The van der Waals surface area contributed by atoms with Crippen molar-refractivity contribution in [3.05, 3.63) is 89.4 Å². The number of aryl methyl sites for hydroxylation is 1. The maximum Gasteiger partial charge on any atom is 0.185 e. The van der Waals surface area contributed by atoms with Gasteiger partial charge < -0.3 is 13.9 Å². The molecule has 3 rings (SSSR count). The number of hydrogen-bond donors (Lipinski definition) is 0. The Morgan fingerprint density at radius 1 is 1.04 bits per heavy atom. The second kappa shape index (κ2) is 8.21. The average Bonchev–Trinajstić information content (AvgIpc) is 3.12. The molecule has 0 amide bonds. The molecule has 0 spiro atoms. The van der Waals surface area contributed by atoms with Gasteiger partial charge in [0.15, 0.2) is 17.3 Å². The summed E-state index contributed by atoms with van der Waals surface area (Å²) in [5.41, 5.74) is 1.71. The van der Waals surface area contributed by atoms with Crippen molar-refractivity contribution < 1.29 is 18.7 Å². The fraction of sp³-hybridized carbons (Fsp3) is 0.136. The summed E-state index contributed by atoms with van der Waals surface area (Å²) in [5.74, 6) is 2.53. The predicted molar refractivity (Wildman–Crippen MR) is 101 cm³/mol. The van der Waals surface area contributed by atoms with Gasteiger partial charge >= 0.3 is 0 Å². The zero-order valence-electron chi connectivity index (χ0n) is 14.8. The molecule has 0 fully saturated rings. The van der Waals surface area contributed by atoms with Crippen LogP contribution in [0.15, 0.2) is 71.2 Å². The van der Waals surface area contributed by atoms with Gasteiger partial charge in [-0.25, -0.2) is 0 Å². The number of furan rings is 1. The molecule has 26 heavy (non-hydrogen) atoms. The summed E-state index contributed by atoms with van der Waals surface area (Å²) in [6, 6.07) is 18.6. The number of hydrogen-bond acceptors (Lipinski definition) is 4. The van der Waals surface area contributed by atoms with Gasteiger partial charge in [0.2, 0.25) is 0 Å². The van der Waals surface area contributed by atoms with Crippen molar-refractivity contribution >= 4 is 11.9 Å². The van der Waals surface area contributed by atoms with E-state index in [0.29, 0.717) is 28.6 Å². The van der Waals surface area contributed by atoms with Crippen LogP contribution in [-0.2, 0) is 6.61 Å². The summed E-state index contributed by atoms with van der Waals surface area (Å²) in [6.45, 7) is 2.24. The topological polar surface area (TPSA) is 48.7 Å². The molecular weight excluding hydrogens is 328 g/mol. The highest BCUT2D eigenvalue weighted by molar-refractivity contribution is 6.06. The minimum absolute atomic E-state index is 0.0584. The molecule has 132 valence electrons. The van der Waals surface area contributed by atoms with E-state index in [1.54, 1.807) is 25.3 Å². The molecular formula is C22H20O4. The van der Waals surface area contributed by atoms with Crippen LogP contribution in [-0.4, -0.2) is 12.9 Å². The van der Waals surface area contributed by atoms with Crippen LogP contribution < -0.4 is 9.47 Å². The van der Waals surface area contributed by atoms with Crippen LogP contribution in [0, 0.1) is 6.92 Å². The lowest BCUT2D eigenvalue weighted by atomic mass is 10.1. The quantitative estimate of drug-likeness (QED) is 0.442. The van der Waals surface area contributed by atoms with Crippen molar-refractivity contribution in [2.24, 2.45) is 0 Å². The molecule has 0 saturated heterocycles. The molecule has 4 heteroatoms. The molecule has 0 radical (unpaired) electrons. The zero-order chi connectivity index (χ0) is 18.4. The number of allylic oxidation sites excluding steroid dienone is 1. The van der Waals surface area contributed by atoms with Crippen molar-refractivity contribution in [3.8, 4) is 11.5 Å². The highest BCUT2D eigenvalue weighted by Gasteiger charge is 2.06. The third kappa shape index (κ3) is 4.42. The standard InChI is InChI=1S/C22H20O4/c1-16-6-5-7-17(14-16)20(23)13-12-18-10-11-19(26-18)15-25-22-9-4-3-8-21(22)24-2/h3-14H,15H2,1-2H3/b13-12+. The molecule has 0 atom stereocenters. The summed E-state index contributed by atoms with van der Waals surface area (Å²) < 4.78 is 16.7. The lowest BCUT2D eigenvalue weighted by Gasteiger charge is -2.08. The number of ether oxygens (including phenoxy) is 2. The van der Waals surface area contributed by atoms with Crippen LogP contribution in [0.5, 0.6) is 11.5 Å². The first-order valence-corrected chi connectivity index (χ1v) is 8.29. The largest absolute Gasteiger partial charge is 0.493 e. The zero-order valence-corrected chi connectivity index (χ0v) is 14.8. The molecule has 0 bridgehead atoms. The molecule has 1 heterocycles. The minimum Gasteiger partial charge on any atom is -0.493 e. The molecule has 2 aromatic carbocycles. The van der Waals surface area contributed by atoms with E-state index in [1.165, 1.54) is 6.08 Å². The van der Waals surface area contributed by atoms with Gasteiger partial charge in [0.1, 0.15) is 18.1 Å². The van der Waals surface area contributed by atoms with E-state index in [-0.39, 0.29) is 12.4 Å². The average molecular weight is 348 g/mol. The van der Waals surface area contributed by atoms with Crippen molar-refractivity contribution in [2.75, 3.05) is 7.11 Å². The lowest BCUT2D eigenvalue weighted by molar-refractivity contribution is 0.104. The molecule has 0 unspecified atom stereocenters. The van der Waals surface area contributed by atoms with Gasteiger partial charge in [-0.3, -0.25) is 4.79 Å². The maximum absolute atomic E-state index is 12.2. The molecule has 0 aliphatic rings. The van der Waals surface area contributed by atoms with Crippen LogP contribution in [0.2, 0.25) is 0 Å². The Morgan fingerprint density at radius 3 is 2.62 bits per heavy atom. The Labute approximate surface area is 152 Å². The van der Waals surface area contributed by atoms with Gasteiger partial charge in [0.05, 0.1) is 7.11 Å². The molecule has 0 aliphatic carbocycles. The lowest BCUT2D eigenvalue weighted by Crippen LogP contribution is -1.96. The normalized spacial score (nSPS) is 10.8. The minimum atomic E-state index is -0.0584. The Hall–Kier alpha value is -3.27. The van der Waals surface area contributed by atoms with E-state index in [2.05, 4.69) is 0 Å². The number of carbonyl (C=O) groups is 1. The third-order valence-electron chi connectivity index (χ3n) is 3.82. The van der Waals surface area contributed by atoms with Gasteiger partial charge in [0, 0.05) is 5.56 Å². The summed E-state index contributed by atoms with van der Waals surface area (Å²) in [6.07, 6.45) is 3.18. The van der Waals surface area contributed by atoms with Crippen molar-refractivity contribution in [3.63, 3.8) is 0 Å². The van der Waals surface area contributed by atoms with Crippen LogP contribution in [0.1, 0.15) is 27.4 Å². The predicted octanol–water partition coefficient (Wildman–Crippen LogP) is 5.07. The number of rotatable bonds is 7. The SMILES string of the molecule is COc1ccccc1OCc1ccc(/C=C/C(=O)c2cccc(C)c2)o1. The van der Waals surface area contributed by atoms with Crippen LogP contribution in [0.4, 0.5) is 0 Å². The third-order valence-corrected chi connectivity index (χ3v) is 3.82. The number of carbonyl (C=O) groups excluding carboxylic acids is 1. The fourth-order valence-electron chi connectivity index (χ4n) is 2.50. The van der Waals surface area contributed by atoms with E-state index in [4.69, 9.17) is 13.9 Å². The van der Waals surface area contributed by atoms with E-state index in [9.17, 15) is 4.79 Å². The second-order valence-corrected chi connectivity index (χ2v) is 5.81. The van der Waals surface area contributed by atoms with Gasteiger partial charge in [-0.2, -0.15) is 0 Å². The maximum atomic E-state index is 12.2. The molecule has 0 saturated carbocycles. The van der Waals surface area contributed by atoms with Crippen LogP contribution in [0.3, 0.4) is 0 Å². The van der Waals surface area contributed by atoms with Crippen molar-refractivity contribution in [2.45, 2.75) is 13.5 Å². The molecule has 0 N–H and O–H groups in total. The summed E-state index contributed by atoms with van der Waals surface area (Å²) in [7, 11) is 1.60. The van der Waals surface area contributed by atoms with Gasteiger partial charge in [-0.15, -0.1) is 0 Å². The second-order valence-electron chi connectivity index (χ2n) is 5.81. The van der Waals surface area contributed by atoms with E-state index in [1.807, 2.05) is 55.5 Å². The van der Waals surface area contributed by atoms with Crippen molar-refractivity contribution in [1.29, 1.82) is 0 Å². The number of methoxy groups -OCH3 is 1. The monoisotopic (exact) mass is 348 g/mol. The summed E-state index contributed by atoms with van der Waals surface area (Å²) in [5, 5.41) is 0. The summed E-state index contributed by atoms with van der Waals surface area (Å²) >= 11 is 0. The van der Waals surface area contributed by atoms with Crippen LogP contribution >= 0.6 is 0 Å². The molecule has 3 aromatic rings. The van der Waals surface area contributed by atoms with E-state index in [0.717, 1.165) is 5.56 Å². The summed E-state index contributed by atoms with van der Waals surface area (Å²) in [4.78, 5) is 12.2. The van der Waals surface area contributed by atoms with Crippen LogP contribution in [0.25, 0.3) is 6.08 Å². The highest BCUT2D eigenvalue weighted by atomic mass is 16.5. The smallest absolute Gasteiger partial charge is 0.185 e. The van der Waals surface area contributed by atoms with Crippen molar-refractivity contribution in [1.82, 2.24) is 0 Å². The Kier molecular flexibility index (Phi) is 5.54. The number of para-hydroxylation sites is 2. The molecule has 1 aromatic heterocycles. The highest BCUT2D eigenvalue weighted by Crippen LogP contribution is 2.26. The number of ketones is 1. The van der Waals surface area contributed by atoms with E-state index < -0.39 is 0 Å². The first kappa shape index (κ1) is 17.5. The van der Waals surface area contributed by atoms with Gasteiger partial charge in [0.25, 0.3) is 0 Å². The fourth-order valence-corrected chi connectivity index (χ4v) is 2.50. The number of benzene rings is 2. The Balaban J connectivity index is 1.62.